The van der Waals surface area contributed by atoms with Crippen LogP contribution in [0.3, 0.4) is 0 Å². The number of aliphatic hydroxyl groups excluding tert-OH is 2. The van der Waals surface area contributed by atoms with Gasteiger partial charge in [0.2, 0.25) is 0 Å². The summed E-state index contributed by atoms with van der Waals surface area (Å²) in [4.78, 5) is 17.8. The van der Waals surface area contributed by atoms with Crippen LogP contribution in [-0.4, -0.2) is 56.7 Å². The molecule has 0 saturated heterocycles. The van der Waals surface area contributed by atoms with Crippen LogP contribution in [0, 0.1) is 0 Å². The minimum atomic E-state index is -0.528. The number of hydrogen-bond acceptors (Lipinski definition) is 8. The first-order valence-corrected chi connectivity index (χ1v) is 12.8. The molecule has 1 aliphatic carbocycles. The lowest BCUT2D eigenvalue weighted by Gasteiger charge is -2.27. The summed E-state index contributed by atoms with van der Waals surface area (Å²) in [5.41, 5.74) is 5.07. The van der Waals surface area contributed by atoms with E-state index >= 15 is 0 Å². The number of rotatable bonds is 8. The second-order valence-corrected chi connectivity index (χ2v) is 9.99. The average Bonchev–Trinajstić information content (AvgIpc) is 3.30. The maximum Gasteiger partial charge on any atom is 0.189 e. The van der Waals surface area contributed by atoms with Gasteiger partial charge in [0.1, 0.15) is 4.83 Å². The molecule has 0 aromatic carbocycles. The highest BCUT2D eigenvalue weighted by Gasteiger charge is 2.26. The molecule has 0 bridgehead atoms. The van der Waals surface area contributed by atoms with E-state index < -0.39 is 12.2 Å². The molecule has 3 aromatic heterocycles. The zero-order chi connectivity index (χ0) is 21.4. The van der Waals surface area contributed by atoms with E-state index in [2.05, 4.69) is 6.92 Å². The van der Waals surface area contributed by atoms with E-state index in [1.54, 1.807) is 25.2 Å². The molecule has 2 N–H and O–H groups in total. The van der Waals surface area contributed by atoms with Crippen molar-refractivity contribution in [3.63, 3.8) is 0 Å². The van der Waals surface area contributed by atoms with Crippen molar-refractivity contribution in [2.24, 2.45) is 0 Å². The van der Waals surface area contributed by atoms with Crippen LogP contribution in [0.2, 0.25) is 0 Å². The summed E-state index contributed by atoms with van der Waals surface area (Å²) >= 11 is 3.17. The molecule has 162 valence electrons. The van der Waals surface area contributed by atoms with Gasteiger partial charge in [-0.25, -0.2) is 15.0 Å². The van der Waals surface area contributed by atoms with E-state index in [-0.39, 0.29) is 0 Å². The molecule has 0 fully saturated rings. The quantitative estimate of drug-likeness (QED) is 0.400. The molecule has 2 atom stereocenters. The molecule has 30 heavy (non-hydrogen) atoms. The zero-order valence-electron chi connectivity index (χ0n) is 18.1. The predicted molar refractivity (Wildman–Crippen MR) is 126 cm³/mol. The highest BCUT2D eigenvalue weighted by Crippen LogP contribution is 2.43. The van der Waals surface area contributed by atoms with E-state index in [0.29, 0.717) is 18.2 Å². The van der Waals surface area contributed by atoms with Gasteiger partial charge < -0.3 is 15.1 Å². The zero-order valence-corrected chi connectivity index (χ0v) is 19.7. The normalized spacial score (nSPS) is 15.7. The van der Waals surface area contributed by atoms with Gasteiger partial charge in [-0.05, 0) is 56.9 Å². The molecule has 4 rings (SSSR count). The van der Waals surface area contributed by atoms with Gasteiger partial charge in [0.05, 0.1) is 22.4 Å². The van der Waals surface area contributed by atoms with Crippen molar-refractivity contribution in [2.45, 2.75) is 70.2 Å². The fourth-order valence-corrected chi connectivity index (χ4v) is 5.99. The molecule has 0 spiro atoms. The fourth-order valence-electron chi connectivity index (χ4n) is 4.44. The van der Waals surface area contributed by atoms with Crippen molar-refractivity contribution < 1.29 is 10.2 Å². The van der Waals surface area contributed by atoms with Gasteiger partial charge in [0, 0.05) is 24.2 Å². The van der Waals surface area contributed by atoms with E-state index in [0.717, 1.165) is 46.5 Å². The lowest BCUT2D eigenvalue weighted by Crippen LogP contribution is -2.37. The van der Waals surface area contributed by atoms with Gasteiger partial charge in [-0.2, -0.15) is 0 Å². The van der Waals surface area contributed by atoms with E-state index in [9.17, 15) is 10.2 Å². The van der Waals surface area contributed by atoms with Crippen LogP contribution in [0.5, 0.6) is 0 Å². The number of anilines is 1. The molecule has 0 radical (unpaired) electrons. The van der Waals surface area contributed by atoms with E-state index in [4.69, 9.17) is 15.0 Å². The first kappa shape index (κ1) is 21.7. The van der Waals surface area contributed by atoms with Crippen molar-refractivity contribution in [1.82, 2.24) is 15.0 Å². The summed E-state index contributed by atoms with van der Waals surface area (Å²) in [6.07, 6.45) is 6.39. The van der Waals surface area contributed by atoms with Crippen LogP contribution in [0.25, 0.3) is 20.4 Å². The minimum Gasteiger partial charge on any atom is -0.392 e. The molecular formula is C22H30N4O2S2. The highest BCUT2D eigenvalue weighted by atomic mass is 32.2. The molecule has 1 aliphatic rings. The number of fused-ring (bicyclic) bond motifs is 5. The summed E-state index contributed by atoms with van der Waals surface area (Å²) in [7, 11) is 0. The first-order chi connectivity index (χ1) is 14.4. The highest BCUT2D eigenvalue weighted by molar-refractivity contribution is 7.98. The van der Waals surface area contributed by atoms with Crippen molar-refractivity contribution in [1.29, 1.82) is 0 Å². The van der Waals surface area contributed by atoms with Crippen LogP contribution in [0.1, 0.15) is 50.4 Å². The summed E-state index contributed by atoms with van der Waals surface area (Å²) in [6.45, 7) is 6.55. The maximum absolute atomic E-state index is 10.1. The summed E-state index contributed by atoms with van der Waals surface area (Å²) in [5.74, 6) is 0.790. The first-order valence-electron chi connectivity index (χ1n) is 10.7. The van der Waals surface area contributed by atoms with Crippen LogP contribution in [0.4, 0.5) is 5.82 Å². The molecule has 0 amide bonds. The second kappa shape index (κ2) is 8.94. The monoisotopic (exact) mass is 446 g/mol. The van der Waals surface area contributed by atoms with Gasteiger partial charge in [-0.1, -0.05) is 25.1 Å². The third-order valence-electron chi connectivity index (χ3n) is 5.52. The number of aromatic nitrogens is 3. The lowest BCUT2D eigenvalue weighted by atomic mass is 10.0. The Balaban J connectivity index is 1.99. The van der Waals surface area contributed by atoms with Crippen molar-refractivity contribution >= 4 is 49.3 Å². The van der Waals surface area contributed by atoms with Crippen LogP contribution >= 0.6 is 23.1 Å². The third-order valence-corrected chi connectivity index (χ3v) is 7.14. The molecular weight excluding hydrogens is 416 g/mol. The number of aryl methyl sites for hydroxylation is 2. The summed E-state index contributed by atoms with van der Waals surface area (Å²) in [6, 6.07) is 0. The Morgan fingerprint density at radius 2 is 1.77 bits per heavy atom. The molecule has 0 aliphatic heterocycles. The maximum atomic E-state index is 10.1. The van der Waals surface area contributed by atoms with Gasteiger partial charge in [0.25, 0.3) is 0 Å². The van der Waals surface area contributed by atoms with Crippen molar-refractivity contribution in [2.75, 3.05) is 24.2 Å². The Bertz CT molecular complexity index is 1050. The lowest BCUT2D eigenvalue weighted by molar-refractivity contribution is 0.178. The fraction of sp³-hybridized carbons (Fsp3) is 0.591. The van der Waals surface area contributed by atoms with Gasteiger partial charge >= 0.3 is 0 Å². The Hall–Kier alpha value is -1.48. The van der Waals surface area contributed by atoms with Crippen LogP contribution < -0.4 is 4.90 Å². The SMILES string of the molecule is CCCc1nc2sc3c(N(CC(C)O)CC(C)O)nc(SC)nc3c2c2c1CCC2. The van der Waals surface area contributed by atoms with Gasteiger partial charge in [0.15, 0.2) is 11.0 Å². The Morgan fingerprint density at radius 1 is 1.07 bits per heavy atom. The third kappa shape index (κ3) is 4.02. The number of nitrogens with zero attached hydrogens (tertiary/aromatic N) is 4. The van der Waals surface area contributed by atoms with E-state index in [1.165, 1.54) is 40.4 Å². The number of pyridine rings is 1. The van der Waals surface area contributed by atoms with Crippen LogP contribution in [-0.2, 0) is 19.3 Å². The topological polar surface area (TPSA) is 82.4 Å². The number of hydrogen-bond donors (Lipinski definition) is 2. The van der Waals surface area contributed by atoms with E-state index in [1.807, 2.05) is 11.2 Å². The minimum absolute atomic E-state index is 0.408. The van der Waals surface area contributed by atoms with Crippen molar-refractivity contribution in [3.8, 4) is 0 Å². The molecule has 6 nitrogen and oxygen atoms in total. The summed E-state index contributed by atoms with van der Waals surface area (Å²) < 4.78 is 0.999. The number of aliphatic hydroxyl groups is 2. The summed E-state index contributed by atoms with van der Waals surface area (Å²) in [5, 5.41) is 22.1. The Labute approximate surface area is 185 Å². The van der Waals surface area contributed by atoms with Gasteiger partial charge in [-0.3, -0.25) is 0 Å². The second-order valence-electron chi connectivity index (χ2n) is 8.22. The number of thiophene rings is 1. The Kier molecular flexibility index (Phi) is 6.48. The molecule has 3 heterocycles. The largest absolute Gasteiger partial charge is 0.392 e. The van der Waals surface area contributed by atoms with Gasteiger partial charge in [-0.15, -0.1) is 11.3 Å². The average molecular weight is 447 g/mol. The molecule has 2 unspecified atom stereocenters. The smallest absolute Gasteiger partial charge is 0.189 e. The van der Waals surface area contributed by atoms with Crippen molar-refractivity contribution in [3.05, 3.63) is 16.8 Å². The Morgan fingerprint density at radius 3 is 2.40 bits per heavy atom. The standard InChI is InChI=1S/C22H30N4O2S2/c1-5-7-16-14-8-6-9-15(14)17-18-19(30-21(17)23-16)20(25-22(24-18)29-4)26(10-12(2)27)11-13(3)28/h12-13,27-28H,5-11H2,1-4H3. The number of thioether (sulfide) groups is 1. The van der Waals surface area contributed by atoms with Crippen LogP contribution in [0.15, 0.2) is 5.16 Å². The molecule has 8 heteroatoms. The molecule has 3 aromatic rings. The molecule has 0 saturated carbocycles. The predicted octanol–water partition coefficient (Wildman–Crippen LogP) is 3.97.